The van der Waals surface area contributed by atoms with Gasteiger partial charge in [-0.2, -0.15) is 0 Å². The molecule has 4 aliphatic rings. The lowest BCUT2D eigenvalue weighted by Gasteiger charge is -2.45. The van der Waals surface area contributed by atoms with Crippen LogP contribution in [0.3, 0.4) is 0 Å². The Morgan fingerprint density at radius 3 is 2.61 bits per heavy atom. The Morgan fingerprint density at radius 1 is 1.15 bits per heavy atom. The number of fused-ring (bicyclic) bond motifs is 1. The van der Waals surface area contributed by atoms with Gasteiger partial charge in [0.05, 0.1) is 20.9 Å². The van der Waals surface area contributed by atoms with Crippen LogP contribution < -0.4 is 5.73 Å². The summed E-state index contributed by atoms with van der Waals surface area (Å²) < 4.78 is 0. The lowest BCUT2D eigenvalue weighted by molar-refractivity contribution is -0.139. The predicted octanol–water partition coefficient (Wildman–Crippen LogP) is 3.18. The fraction of sp³-hybridized carbons (Fsp3) is 0.720. The summed E-state index contributed by atoms with van der Waals surface area (Å²) in [6, 6.07) is 0.746. The van der Waals surface area contributed by atoms with Crippen LogP contribution in [0.2, 0.25) is 0 Å². The molecule has 7 nitrogen and oxygen atoms in total. The minimum Gasteiger partial charge on any atom is -0.390 e. The number of nitrogen functional groups attached to an aromatic ring is 1. The van der Waals surface area contributed by atoms with E-state index in [-0.39, 0.29) is 17.1 Å². The maximum absolute atomic E-state index is 13.4. The first kappa shape index (κ1) is 22.8. The Bertz CT molecular complexity index is 967. The highest BCUT2D eigenvalue weighted by molar-refractivity contribution is 7.18. The summed E-state index contributed by atoms with van der Waals surface area (Å²) in [4.78, 5) is 46.1. The van der Waals surface area contributed by atoms with E-state index in [1.54, 1.807) is 0 Å². The highest BCUT2D eigenvalue weighted by atomic mass is 32.1. The summed E-state index contributed by atoms with van der Waals surface area (Å²) >= 11 is 1.29. The Hall–Kier alpha value is -1.93. The molecule has 0 radical (unpaired) electrons. The van der Waals surface area contributed by atoms with Gasteiger partial charge in [-0.25, -0.2) is 0 Å². The van der Waals surface area contributed by atoms with E-state index in [0.717, 1.165) is 70.1 Å². The minimum absolute atomic E-state index is 0.00773. The van der Waals surface area contributed by atoms with Crippen LogP contribution in [0, 0.1) is 5.41 Å². The van der Waals surface area contributed by atoms with Crippen LogP contribution in [-0.4, -0.2) is 77.1 Å². The number of hydrogen-bond acceptors (Lipinski definition) is 6. The standard InChI is InChI=1S/C25H36N4O3S/c1-3-29-16(2)14-25(24(29)32)10-5-11-28(15-25)17-8-12-27(13-9-17)23(31)20-18-6-4-7-19(30)21(18)33-22(20)26/h16-17H,3-15,26H2,1-2H3. The third-order valence-electron chi connectivity index (χ3n) is 8.48. The maximum Gasteiger partial charge on any atom is 0.257 e. The van der Waals surface area contributed by atoms with E-state index in [1.165, 1.54) is 11.3 Å². The maximum atomic E-state index is 13.4. The van der Waals surface area contributed by atoms with Gasteiger partial charge in [-0.15, -0.1) is 11.3 Å². The summed E-state index contributed by atoms with van der Waals surface area (Å²) in [6.07, 6.45) is 7.01. The smallest absolute Gasteiger partial charge is 0.257 e. The van der Waals surface area contributed by atoms with Crippen LogP contribution in [0.15, 0.2) is 0 Å². The molecule has 1 aliphatic carbocycles. The number of hydrogen-bond donors (Lipinski definition) is 1. The number of rotatable bonds is 3. The second-order valence-electron chi connectivity index (χ2n) is 10.4. The fourth-order valence-electron chi connectivity index (χ4n) is 6.86. The molecule has 0 saturated carbocycles. The molecular weight excluding hydrogens is 436 g/mol. The second-order valence-corrected chi connectivity index (χ2v) is 11.5. The lowest BCUT2D eigenvalue weighted by Crippen LogP contribution is -2.54. The molecule has 4 heterocycles. The SMILES string of the molecule is CCN1C(=O)C2(CCCN(C3CCN(C(=O)c4c(N)sc5c4CCCC5=O)CC3)C2)CC1C. The largest absolute Gasteiger partial charge is 0.390 e. The normalized spacial score (nSPS) is 29.2. The summed E-state index contributed by atoms with van der Waals surface area (Å²) in [7, 11) is 0. The van der Waals surface area contributed by atoms with Crippen LogP contribution in [0.4, 0.5) is 5.00 Å². The molecule has 1 spiro atoms. The van der Waals surface area contributed by atoms with E-state index in [9.17, 15) is 14.4 Å². The quantitative estimate of drug-likeness (QED) is 0.730. The van der Waals surface area contributed by atoms with Crippen molar-refractivity contribution in [3.05, 3.63) is 16.0 Å². The van der Waals surface area contributed by atoms with Crippen LogP contribution in [0.5, 0.6) is 0 Å². The van der Waals surface area contributed by atoms with Crippen molar-refractivity contribution in [1.82, 2.24) is 14.7 Å². The van der Waals surface area contributed by atoms with Gasteiger partial charge in [0, 0.05) is 44.7 Å². The van der Waals surface area contributed by atoms with Gasteiger partial charge in [0.1, 0.15) is 0 Å². The molecule has 3 saturated heterocycles. The molecule has 0 bridgehead atoms. The number of Topliss-reactive ketones (excluding diaryl/α,β-unsaturated/α-hetero) is 1. The Balaban J connectivity index is 1.24. The molecule has 2 amide bonds. The number of carbonyl (C=O) groups is 3. The number of anilines is 1. The van der Waals surface area contributed by atoms with Gasteiger partial charge in [0.15, 0.2) is 5.78 Å². The number of thiophene rings is 1. The first-order valence-corrected chi connectivity index (χ1v) is 13.4. The van der Waals surface area contributed by atoms with Crippen molar-refractivity contribution < 1.29 is 14.4 Å². The molecule has 2 N–H and O–H groups in total. The Morgan fingerprint density at radius 2 is 1.91 bits per heavy atom. The summed E-state index contributed by atoms with van der Waals surface area (Å²) in [6.45, 7) is 8.37. The number of ketones is 1. The first-order chi connectivity index (χ1) is 15.8. The van der Waals surface area contributed by atoms with Crippen molar-refractivity contribution in [1.29, 1.82) is 0 Å². The molecule has 33 heavy (non-hydrogen) atoms. The number of nitrogens with zero attached hydrogens (tertiary/aromatic N) is 3. The highest BCUT2D eigenvalue weighted by Gasteiger charge is 2.52. The first-order valence-electron chi connectivity index (χ1n) is 12.6. The molecule has 5 rings (SSSR count). The fourth-order valence-corrected chi connectivity index (χ4v) is 7.93. The van der Waals surface area contributed by atoms with Gasteiger partial charge in [0.2, 0.25) is 5.91 Å². The van der Waals surface area contributed by atoms with Crippen molar-refractivity contribution in [3.63, 3.8) is 0 Å². The topological polar surface area (TPSA) is 87.0 Å². The average Bonchev–Trinajstić information content (AvgIpc) is 3.27. The summed E-state index contributed by atoms with van der Waals surface area (Å²) in [5.74, 6) is 0.468. The van der Waals surface area contributed by atoms with Crippen LogP contribution in [-0.2, 0) is 11.2 Å². The number of piperidine rings is 2. The number of nitrogens with two attached hydrogens (primary N) is 1. The van der Waals surface area contributed by atoms with E-state index >= 15 is 0 Å². The van der Waals surface area contributed by atoms with E-state index in [1.807, 2.05) is 4.90 Å². The summed E-state index contributed by atoms with van der Waals surface area (Å²) in [5.41, 5.74) is 7.48. The van der Waals surface area contributed by atoms with Gasteiger partial charge >= 0.3 is 0 Å². The van der Waals surface area contributed by atoms with Crippen molar-refractivity contribution in [2.24, 2.45) is 5.41 Å². The van der Waals surface area contributed by atoms with E-state index < -0.39 is 0 Å². The van der Waals surface area contributed by atoms with E-state index in [2.05, 4.69) is 23.6 Å². The van der Waals surface area contributed by atoms with Gasteiger partial charge in [0.25, 0.3) is 5.91 Å². The number of amides is 2. The highest BCUT2D eigenvalue weighted by Crippen LogP contribution is 2.44. The monoisotopic (exact) mass is 472 g/mol. The predicted molar refractivity (Wildman–Crippen MR) is 130 cm³/mol. The number of likely N-dealkylation sites (tertiary alicyclic amines) is 3. The van der Waals surface area contributed by atoms with Crippen molar-refractivity contribution in [2.45, 2.75) is 77.3 Å². The van der Waals surface area contributed by atoms with Gasteiger partial charge in [-0.1, -0.05) is 0 Å². The molecule has 1 aromatic rings. The molecule has 1 aromatic heterocycles. The summed E-state index contributed by atoms with van der Waals surface area (Å²) in [5, 5.41) is 0.495. The third kappa shape index (κ3) is 3.79. The minimum atomic E-state index is -0.211. The molecule has 0 aromatic carbocycles. The van der Waals surface area contributed by atoms with E-state index in [0.29, 0.717) is 52.9 Å². The molecule has 3 aliphatic heterocycles. The van der Waals surface area contributed by atoms with Gasteiger partial charge < -0.3 is 15.5 Å². The van der Waals surface area contributed by atoms with Gasteiger partial charge in [-0.3, -0.25) is 19.3 Å². The van der Waals surface area contributed by atoms with Gasteiger partial charge in [-0.05, 0) is 70.9 Å². The average molecular weight is 473 g/mol. The zero-order chi connectivity index (χ0) is 23.3. The Labute approximate surface area is 200 Å². The van der Waals surface area contributed by atoms with Crippen LogP contribution >= 0.6 is 11.3 Å². The van der Waals surface area contributed by atoms with Crippen molar-refractivity contribution >= 4 is 33.9 Å². The molecule has 2 atom stereocenters. The van der Waals surface area contributed by atoms with Crippen molar-refractivity contribution in [2.75, 3.05) is 38.5 Å². The zero-order valence-electron chi connectivity index (χ0n) is 19.9. The lowest BCUT2D eigenvalue weighted by atomic mass is 9.76. The van der Waals surface area contributed by atoms with Crippen LogP contribution in [0.25, 0.3) is 0 Å². The van der Waals surface area contributed by atoms with Crippen LogP contribution in [0.1, 0.15) is 84.4 Å². The van der Waals surface area contributed by atoms with E-state index in [4.69, 9.17) is 5.73 Å². The molecular formula is C25H36N4O3S. The number of carbonyl (C=O) groups excluding carboxylic acids is 3. The second kappa shape index (κ2) is 8.69. The zero-order valence-corrected chi connectivity index (χ0v) is 20.7. The molecule has 3 fully saturated rings. The molecule has 2 unspecified atom stereocenters. The van der Waals surface area contributed by atoms with Crippen molar-refractivity contribution in [3.8, 4) is 0 Å². The molecule has 8 heteroatoms. The third-order valence-corrected chi connectivity index (χ3v) is 9.58. The Kier molecular flexibility index (Phi) is 6.02. The molecule has 180 valence electrons.